The third kappa shape index (κ3) is 6.17. The fourth-order valence-electron chi connectivity index (χ4n) is 3.26. The number of carbonyl (C=O) groups excluding carboxylic acids is 4. The highest BCUT2D eigenvalue weighted by Gasteiger charge is 2.27. The molecule has 0 aliphatic heterocycles. The van der Waals surface area contributed by atoms with Gasteiger partial charge in [-0.25, -0.2) is 9.59 Å². The first-order valence-electron chi connectivity index (χ1n) is 11.1. The molecule has 0 saturated heterocycles. The lowest BCUT2D eigenvalue weighted by Crippen LogP contribution is -2.23. The number of carbonyl (C=O) groups is 4. The Hall–Kier alpha value is -4.86. The fraction of sp³-hybridized carbons (Fsp3) is 0.154. The van der Waals surface area contributed by atoms with Crippen LogP contribution in [-0.4, -0.2) is 37.0 Å². The van der Waals surface area contributed by atoms with Crippen LogP contribution in [-0.2, 0) is 9.47 Å². The van der Waals surface area contributed by atoms with Crippen molar-refractivity contribution in [3.8, 4) is 0 Å². The second kappa shape index (κ2) is 11.5. The number of nitrogens with one attached hydrogen (secondary N) is 2. The first-order valence-corrected chi connectivity index (χ1v) is 11.1. The Morgan fingerprint density at radius 2 is 0.944 bits per heavy atom. The molecule has 3 aromatic carbocycles. The zero-order chi connectivity index (χ0) is 26.2. The molecule has 0 spiro atoms. The zero-order valence-corrected chi connectivity index (χ0v) is 19.8. The van der Waals surface area contributed by atoms with Gasteiger partial charge < -0.3 is 31.6 Å². The lowest BCUT2D eigenvalue weighted by atomic mass is 9.96. The number of benzene rings is 3. The van der Waals surface area contributed by atoms with Gasteiger partial charge in [-0.15, -0.1) is 0 Å². The predicted molar refractivity (Wildman–Crippen MR) is 136 cm³/mol. The number of amides is 2. The number of rotatable bonds is 8. The van der Waals surface area contributed by atoms with Crippen molar-refractivity contribution in [1.82, 2.24) is 0 Å². The topological polar surface area (TPSA) is 163 Å². The molecule has 0 fully saturated rings. The Morgan fingerprint density at radius 3 is 1.25 bits per heavy atom. The summed E-state index contributed by atoms with van der Waals surface area (Å²) < 4.78 is 10.2. The van der Waals surface area contributed by atoms with Gasteiger partial charge in [-0.3, -0.25) is 9.59 Å². The van der Waals surface area contributed by atoms with Crippen molar-refractivity contribution in [3.63, 3.8) is 0 Å². The second-order valence-electron chi connectivity index (χ2n) is 7.54. The van der Waals surface area contributed by atoms with Gasteiger partial charge >= 0.3 is 11.9 Å². The standard InChI is InChI=1S/C26H26N4O6/c1-3-35-25(33)21-13-20(24(32)30-18-11-7-16(28)8-12-18)22(26(34)36-4-2)14-19(21)23(31)29-17-9-5-15(27)6-10-17/h5-14H,3-4,27-28H2,1-2H3,(H,29,31)(H,30,32). The van der Waals surface area contributed by atoms with Crippen LogP contribution in [0.15, 0.2) is 60.7 Å². The van der Waals surface area contributed by atoms with E-state index < -0.39 is 23.8 Å². The third-order valence-electron chi connectivity index (χ3n) is 4.97. The number of anilines is 4. The van der Waals surface area contributed by atoms with Crippen LogP contribution in [0.4, 0.5) is 22.7 Å². The van der Waals surface area contributed by atoms with Crippen LogP contribution in [0.2, 0.25) is 0 Å². The minimum Gasteiger partial charge on any atom is -0.462 e. The Kier molecular flexibility index (Phi) is 8.24. The van der Waals surface area contributed by atoms with Gasteiger partial charge in [-0.2, -0.15) is 0 Å². The lowest BCUT2D eigenvalue weighted by molar-refractivity contribution is 0.0508. The van der Waals surface area contributed by atoms with Crippen molar-refractivity contribution in [2.45, 2.75) is 13.8 Å². The van der Waals surface area contributed by atoms with Gasteiger partial charge in [-0.1, -0.05) is 0 Å². The summed E-state index contributed by atoms with van der Waals surface area (Å²) in [5, 5.41) is 5.30. The molecule has 0 heterocycles. The molecule has 0 saturated carbocycles. The number of esters is 2. The molecule has 0 aliphatic rings. The SMILES string of the molecule is CCOC(=O)c1cc(C(=O)Nc2ccc(N)cc2)c(C(=O)OCC)cc1C(=O)Nc1ccc(N)cc1. The van der Waals surface area contributed by atoms with Crippen LogP contribution < -0.4 is 22.1 Å². The van der Waals surface area contributed by atoms with Crippen molar-refractivity contribution >= 4 is 46.5 Å². The molecule has 2 amide bonds. The first-order chi connectivity index (χ1) is 17.2. The van der Waals surface area contributed by atoms with Crippen LogP contribution in [0.1, 0.15) is 55.3 Å². The number of hydrogen-bond acceptors (Lipinski definition) is 8. The maximum atomic E-state index is 13.2. The third-order valence-corrected chi connectivity index (χ3v) is 4.97. The quantitative estimate of drug-likeness (QED) is 0.274. The minimum atomic E-state index is -0.836. The summed E-state index contributed by atoms with van der Waals surface area (Å²) in [5.74, 6) is -3.06. The van der Waals surface area contributed by atoms with Crippen LogP contribution in [0, 0.1) is 0 Å². The van der Waals surface area contributed by atoms with Crippen molar-refractivity contribution < 1.29 is 28.7 Å². The van der Waals surface area contributed by atoms with E-state index in [1.165, 1.54) is 0 Å². The van der Waals surface area contributed by atoms with Crippen molar-refractivity contribution in [3.05, 3.63) is 82.9 Å². The summed E-state index contributed by atoms with van der Waals surface area (Å²) in [4.78, 5) is 51.8. The van der Waals surface area contributed by atoms with E-state index in [2.05, 4.69) is 10.6 Å². The maximum absolute atomic E-state index is 13.2. The van der Waals surface area contributed by atoms with E-state index in [1.807, 2.05) is 0 Å². The molecule has 0 bridgehead atoms. The largest absolute Gasteiger partial charge is 0.462 e. The molecule has 0 radical (unpaired) electrons. The molecule has 10 nitrogen and oxygen atoms in total. The van der Waals surface area contributed by atoms with Crippen LogP contribution in [0.5, 0.6) is 0 Å². The Balaban J connectivity index is 2.09. The zero-order valence-electron chi connectivity index (χ0n) is 19.8. The number of nitrogens with two attached hydrogens (primary N) is 2. The summed E-state index contributed by atoms with van der Waals surface area (Å²) >= 11 is 0. The number of hydrogen-bond donors (Lipinski definition) is 4. The number of ether oxygens (including phenoxy) is 2. The van der Waals surface area contributed by atoms with Gasteiger partial charge in [0, 0.05) is 22.7 Å². The van der Waals surface area contributed by atoms with Gasteiger partial charge in [0.1, 0.15) is 0 Å². The molecular formula is C26H26N4O6. The second-order valence-corrected chi connectivity index (χ2v) is 7.54. The summed E-state index contributed by atoms with van der Waals surface area (Å²) in [6.45, 7) is 3.27. The first kappa shape index (κ1) is 25.8. The molecule has 6 N–H and O–H groups in total. The predicted octanol–water partition coefficient (Wildman–Crippen LogP) is 3.71. The summed E-state index contributed by atoms with van der Waals surface area (Å²) in [7, 11) is 0. The normalized spacial score (nSPS) is 10.3. The van der Waals surface area contributed by atoms with Gasteiger partial charge in [0.15, 0.2) is 0 Å². The molecule has 0 aliphatic carbocycles. The van der Waals surface area contributed by atoms with E-state index in [4.69, 9.17) is 20.9 Å². The van der Waals surface area contributed by atoms with E-state index >= 15 is 0 Å². The van der Waals surface area contributed by atoms with E-state index in [0.717, 1.165) is 12.1 Å². The Labute approximate surface area is 207 Å². The van der Waals surface area contributed by atoms with Gasteiger partial charge in [0.25, 0.3) is 11.8 Å². The highest BCUT2D eigenvalue weighted by Crippen LogP contribution is 2.23. The monoisotopic (exact) mass is 490 g/mol. The molecule has 0 unspecified atom stereocenters. The fourth-order valence-corrected chi connectivity index (χ4v) is 3.26. The van der Waals surface area contributed by atoms with Crippen molar-refractivity contribution in [2.75, 3.05) is 35.3 Å². The molecule has 36 heavy (non-hydrogen) atoms. The Morgan fingerprint density at radius 1 is 0.611 bits per heavy atom. The van der Waals surface area contributed by atoms with Gasteiger partial charge in [-0.05, 0) is 74.5 Å². The van der Waals surface area contributed by atoms with E-state index in [-0.39, 0.29) is 35.5 Å². The summed E-state index contributed by atoms with van der Waals surface area (Å²) in [6, 6.07) is 15.0. The smallest absolute Gasteiger partial charge is 0.338 e. The minimum absolute atomic E-state index is 0.0322. The molecule has 3 rings (SSSR count). The molecule has 3 aromatic rings. The van der Waals surface area contributed by atoms with Crippen molar-refractivity contribution in [2.24, 2.45) is 0 Å². The molecular weight excluding hydrogens is 464 g/mol. The molecule has 0 aromatic heterocycles. The summed E-state index contributed by atoms with van der Waals surface area (Å²) in [5.41, 5.74) is 12.5. The highest BCUT2D eigenvalue weighted by atomic mass is 16.5. The molecule has 0 atom stereocenters. The molecule has 186 valence electrons. The van der Waals surface area contributed by atoms with E-state index in [9.17, 15) is 19.2 Å². The van der Waals surface area contributed by atoms with E-state index in [1.54, 1.807) is 62.4 Å². The number of nitrogen functional groups attached to an aromatic ring is 2. The Bertz CT molecular complexity index is 1190. The highest BCUT2D eigenvalue weighted by molar-refractivity contribution is 6.17. The van der Waals surface area contributed by atoms with Gasteiger partial charge in [0.2, 0.25) is 0 Å². The van der Waals surface area contributed by atoms with E-state index in [0.29, 0.717) is 22.7 Å². The van der Waals surface area contributed by atoms with Gasteiger partial charge in [0.05, 0.1) is 35.5 Å². The lowest BCUT2D eigenvalue weighted by Gasteiger charge is -2.15. The summed E-state index contributed by atoms with van der Waals surface area (Å²) in [6.07, 6.45) is 0. The van der Waals surface area contributed by atoms with Crippen LogP contribution in [0.25, 0.3) is 0 Å². The average Bonchev–Trinajstić information content (AvgIpc) is 2.86. The maximum Gasteiger partial charge on any atom is 0.338 e. The average molecular weight is 491 g/mol. The molecule has 10 heteroatoms. The van der Waals surface area contributed by atoms with Crippen LogP contribution in [0.3, 0.4) is 0 Å². The van der Waals surface area contributed by atoms with Crippen LogP contribution >= 0.6 is 0 Å². The van der Waals surface area contributed by atoms with Crippen molar-refractivity contribution in [1.29, 1.82) is 0 Å².